The summed E-state index contributed by atoms with van der Waals surface area (Å²) < 4.78 is 46.3. The number of hydrogen-bond donors (Lipinski definition) is 1. The van der Waals surface area contributed by atoms with Gasteiger partial charge in [0.05, 0.1) is 35.8 Å². The fourth-order valence-electron chi connectivity index (χ4n) is 2.62. The van der Waals surface area contributed by atoms with Gasteiger partial charge < -0.3 is 10.1 Å². The number of nitrogens with zero attached hydrogens (tertiary/aromatic N) is 2. The topological polar surface area (TPSA) is 73.2 Å². The number of rotatable bonds is 4. The lowest BCUT2D eigenvalue weighted by atomic mass is 10.1. The Kier molecular flexibility index (Phi) is 5.16. The molecule has 2 aromatic carbocycles. The zero-order valence-electron chi connectivity index (χ0n) is 14.5. The zero-order chi connectivity index (χ0) is 20.3. The third-order valence-electron chi connectivity index (χ3n) is 3.86. The molecule has 0 radical (unpaired) electrons. The van der Waals surface area contributed by atoms with Crippen molar-refractivity contribution in [1.82, 2.24) is 9.78 Å². The van der Waals surface area contributed by atoms with Crippen LogP contribution in [-0.4, -0.2) is 28.8 Å². The van der Waals surface area contributed by atoms with Gasteiger partial charge in [-0.1, -0.05) is 30.3 Å². The Bertz CT molecular complexity index is 1010. The van der Waals surface area contributed by atoms with Crippen LogP contribution in [0.2, 0.25) is 0 Å². The lowest BCUT2D eigenvalue weighted by molar-refractivity contribution is -0.143. The Morgan fingerprint density at radius 3 is 2.29 bits per heavy atom. The van der Waals surface area contributed by atoms with E-state index in [-0.39, 0.29) is 16.9 Å². The number of carbonyl (C=O) groups is 2. The fraction of sp³-hybridized carbons (Fsp3) is 0.105. The molecule has 0 saturated heterocycles. The molecule has 0 aliphatic heterocycles. The summed E-state index contributed by atoms with van der Waals surface area (Å²) in [6.45, 7) is 0. The molecule has 0 atom stereocenters. The second-order valence-electron chi connectivity index (χ2n) is 5.64. The average Bonchev–Trinajstić information content (AvgIpc) is 3.14. The van der Waals surface area contributed by atoms with Crippen LogP contribution in [0.3, 0.4) is 0 Å². The predicted octanol–water partition coefficient (Wildman–Crippen LogP) is 3.93. The molecule has 1 heterocycles. The summed E-state index contributed by atoms with van der Waals surface area (Å²) in [4.78, 5) is 24.4. The lowest BCUT2D eigenvalue weighted by Gasteiger charge is -2.13. The molecule has 0 saturated carbocycles. The Labute approximate surface area is 157 Å². The second-order valence-corrected chi connectivity index (χ2v) is 5.64. The maximum absolute atomic E-state index is 13.7. The van der Waals surface area contributed by atoms with Gasteiger partial charge >= 0.3 is 12.1 Å². The van der Waals surface area contributed by atoms with Crippen molar-refractivity contribution < 1.29 is 27.5 Å². The lowest BCUT2D eigenvalue weighted by Crippen LogP contribution is -2.21. The van der Waals surface area contributed by atoms with Crippen LogP contribution >= 0.6 is 0 Å². The number of halogens is 3. The van der Waals surface area contributed by atoms with Crippen LogP contribution in [0.15, 0.2) is 60.8 Å². The molecule has 3 rings (SSSR count). The largest absolute Gasteiger partial charge is 0.465 e. The Balaban J connectivity index is 2.02. The van der Waals surface area contributed by atoms with Crippen molar-refractivity contribution in [1.29, 1.82) is 0 Å². The summed E-state index contributed by atoms with van der Waals surface area (Å²) in [5.41, 5.74) is -1.69. The van der Waals surface area contributed by atoms with Crippen LogP contribution < -0.4 is 5.32 Å². The minimum Gasteiger partial charge on any atom is -0.465 e. The first-order valence-electron chi connectivity index (χ1n) is 8.02. The molecule has 28 heavy (non-hydrogen) atoms. The van der Waals surface area contributed by atoms with Crippen LogP contribution in [0.4, 0.5) is 18.9 Å². The third kappa shape index (κ3) is 3.73. The molecule has 0 unspecified atom stereocenters. The summed E-state index contributed by atoms with van der Waals surface area (Å²) in [7, 11) is 1.16. The van der Waals surface area contributed by atoms with Gasteiger partial charge in [0.15, 0.2) is 5.69 Å². The number of anilines is 1. The van der Waals surface area contributed by atoms with E-state index in [0.717, 1.165) is 13.3 Å². The van der Waals surface area contributed by atoms with Gasteiger partial charge in [-0.3, -0.25) is 4.79 Å². The molecule has 144 valence electrons. The van der Waals surface area contributed by atoms with Crippen molar-refractivity contribution in [2.45, 2.75) is 6.18 Å². The molecule has 6 nitrogen and oxygen atoms in total. The van der Waals surface area contributed by atoms with E-state index >= 15 is 0 Å². The first kappa shape index (κ1) is 19.2. The van der Waals surface area contributed by atoms with Gasteiger partial charge in [0.2, 0.25) is 0 Å². The normalized spacial score (nSPS) is 11.1. The minimum absolute atomic E-state index is 0.0161. The van der Waals surface area contributed by atoms with Crippen molar-refractivity contribution in [3.63, 3.8) is 0 Å². The molecule has 0 aliphatic rings. The number of methoxy groups -OCH3 is 1. The number of carbonyl (C=O) groups excluding carboxylic acids is 2. The van der Waals surface area contributed by atoms with Crippen LogP contribution in [0.1, 0.15) is 26.4 Å². The summed E-state index contributed by atoms with van der Waals surface area (Å²) in [5.74, 6) is -1.78. The average molecular weight is 389 g/mol. The standard InChI is InChI=1S/C19H14F3N3O3/c1-28-18(27)13-9-5-6-10-15(13)24-17(26)14-11-23-25(16(14)19(20,21)22)12-7-3-2-4-8-12/h2-11H,1H3,(H,24,26). The number of para-hydroxylation sites is 2. The number of amides is 1. The minimum atomic E-state index is -4.83. The molecule has 0 spiro atoms. The van der Waals surface area contributed by atoms with Gasteiger partial charge in [-0.25, -0.2) is 9.48 Å². The molecule has 0 bridgehead atoms. The number of esters is 1. The van der Waals surface area contributed by atoms with E-state index in [9.17, 15) is 22.8 Å². The van der Waals surface area contributed by atoms with Crippen molar-refractivity contribution in [3.05, 3.63) is 77.6 Å². The summed E-state index contributed by atoms with van der Waals surface area (Å²) in [6, 6.07) is 13.5. The highest BCUT2D eigenvalue weighted by Crippen LogP contribution is 2.34. The highest BCUT2D eigenvalue weighted by atomic mass is 19.4. The third-order valence-corrected chi connectivity index (χ3v) is 3.86. The first-order valence-corrected chi connectivity index (χ1v) is 8.02. The molecule has 0 fully saturated rings. The SMILES string of the molecule is COC(=O)c1ccccc1NC(=O)c1cnn(-c2ccccc2)c1C(F)(F)F. The number of aromatic nitrogens is 2. The molecule has 0 aliphatic carbocycles. The zero-order valence-corrected chi connectivity index (χ0v) is 14.5. The van der Waals surface area contributed by atoms with E-state index in [4.69, 9.17) is 0 Å². The Morgan fingerprint density at radius 2 is 1.64 bits per heavy atom. The van der Waals surface area contributed by atoms with Crippen LogP contribution in [0.5, 0.6) is 0 Å². The number of alkyl halides is 3. The van der Waals surface area contributed by atoms with Crippen molar-refractivity contribution in [3.8, 4) is 5.69 Å². The molecule has 1 amide bonds. The van der Waals surface area contributed by atoms with Crippen molar-refractivity contribution in [2.75, 3.05) is 12.4 Å². The second kappa shape index (κ2) is 7.55. The smallest absolute Gasteiger partial charge is 0.434 e. The van der Waals surface area contributed by atoms with Crippen molar-refractivity contribution in [2.24, 2.45) is 0 Å². The highest BCUT2D eigenvalue weighted by molar-refractivity contribution is 6.08. The highest BCUT2D eigenvalue weighted by Gasteiger charge is 2.40. The fourth-order valence-corrected chi connectivity index (χ4v) is 2.62. The Morgan fingerprint density at radius 1 is 1.00 bits per heavy atom. The van der Waals surface area contributed by atoms with Gasteiger partial charge in [-0.2, -0.15) is 18.3 Å². The number of benzene rings is 2. The molecular weight excluding hydrogens is 375 g/mol. The van der Waals surface area contributed by atoms with E-state index < -0.39 is 29.3 Å². The van der Waals surface area contributed by atoms with Gasteiger partial charge in [0.25, 0.3) is 5.91 Å². The van der Waals surface area contributed by atoms with Gasteiger partial charge in [-0.15, -0.1) is 0 Å². The van der Waals surface area contributed by atoms with E-state index in [1.807, 2.05) is 0 Å². The number of hydrogen-bond acceptors (Lipinski definition) is 4. The van der Waals surface area contributed by atoms with E-state index in [0.29, 0.717) is 4.68 Å². The van der Waals surface area contributed by atoms with Crippen molar-refractivity contribution >= 4 is 17.6 Å². The number of nitrogens with one attached hydrogen (secondary N) is 1. The maximum atomic E-state index is 13.7. The maximum Gasteiger partial charge on any atom is 0.434 e. The summed E-state index contributed by atoms with van der Waals surface area (Å²) in [5, 5.41) is 6.06. The first-order chi connectivity index (χ1) is 13.3. The molecule has 1 N–H and O–H groups in total. The van der Waals surface area contributed by atoms with Gasteiger partial charge in [0.1, 0.15) is 0 Å². The van der Waals surface area contributed by atoms with Crippen LogP contribution in [-0.2, 0) is 10.9 Å². The van der Waals surface area contributed by atoms with Gasteiger partial charge in [0, 0.05) is 0 Å². The van der Waals surface area contributed by atoms with E-state index in [1.54, 1.807) is 18.2 Å². The molecular formula is C19H14F3N3O3. The Hall–Kier alpha value is -3.62. The van der Waals surface area contributed by atoms with Crippen LogP contribution in [0, 0.1) is 0 Å². The molecule has 1 aromatic heterocycles. The monoisotopic (exact) mass is 389 g/mol. The molecule has 3 aromatic rings. The quantitative estimate of drug-likeness (QED) is 0.687. The van der Waals surface area contributed by atoms with Crippen LogP contribution in [0.25, 0.3) is 5.69 Å². The summed E-state index contributed by atoms with van der Waals surface area (Å²) >= 11 is 0. The molecule has 9 heteroatoms. The number of ether oxygens (including phenoxy) is 1. The summed E-state index contributed by atoms with van der Waals surface area (Å²) in [6.07, 6.45) is -3.99. The van der Waals surface area contributed by atoms with E-state index in [1.165, 1.54) is 36.4 Å². The predicted molar refractivity (Wildman–Crippen MR) is 94.3 cm³/mol. The van der Waals surface area contributed by atoms with Gasteiger partial charge in [-0.05, 0) is 24.3 Å². The van der Waals surface area contributed by atoms with E-state index in [2.05, 4.69) is 15.2 Å².